The lowest BCUT2D eigenvalue weighted by atomic mass is 9.94. The number of rotatable bonds is 9. The fourth-order valence-corrected chi connectivity index (χ4v) is 1.34. The van der Waals surface area contributed by atoms with Gasteiger partial charge in [-0.15, -0.1) is 0 Å². The van der Waals surface area contributed by atoms with Crippen molar-refractivity contribution in [3.05, 3.63) is 10.4 Å². The van der Waals surface area contributed by atoms with E-state index in [1.165, 1.54) is 10.0 Å². The highest BCUT2D eigenvalue weighted by Gasteiger charge is 2.78. The second-order valence-corrected chi connectivity index (χ2v) is 4.43. The van der Waals surface area contributed by atoms with Gasteiger partial charge in [-0.1, -0.05) is 5.11 Å². The zero-order chi connectivity index (χ0) is 20.4. The van der Waals surface area contributed by atoms with Crippen LogP contribution in [0.3, 0.4) is 0 Å². The van der Waals surface area contributed by atoms with E-state index in [0.717, 1.165) is 0 Å². The normalized spacial score (nSPS) is 19.8. The Labute approximate surface area is 129 Å². The minimum atomic E-state index is -7.12. The van der Waals surface area contributed by atoms with Gasteiger partial charge in [0.25, 0.3) is 6.43 Å². The van der Waals surface area contributed by atoms with Crippen LogP contribution in [-0.4, -0.2) is 55.2 Å². The first-order valence-corrected chi connectivity index (χ1v) is 5.73. The quantitative estimate of drug-likeness (QED) is 0.169. The predicted octanol–water partition coefficient (Wildman–Crippen LogP) is 5.12. The summed E-state index contributed by atoms with van der Waals surface area (Å²) in [5, 5.41) is 1.37. The molecule has 0 fully saturated rings. The van der Waals surface area contributed by atoms with Crippen LogP contribution in [0.2, 0.25) is 0 Å². The lowest BCUT2D eigenvalue weighted by Crippen LogP contribution is -2.63. The molecular formula is C9H6F13N3. The highest BCUT2D eigenvalue weighted by atomic mass is 19.4. The zero-order valence-electron chi connectivity index (χ0n) is 11.2. The van der Waals surface area contributed by atoms with Crippen molar-refractivity contribution in [2.75, 3.05) is 0 Å². The molecule has 0 amide bonds. The molecule has 0 rings (SSSR count). The molecule has 3 nitrogen and oxygen atoms in total. The summed E-state index contributed by atoms with van der Waals surface area (Å²) >= 11 is 0. The highest BCUT2D eigenvalue weighted by Crippen LogP contribution is 2.51. The van der Waals surface area contributed by atoms with Crippen LogP contribution in [0.15, 0.2) is 5.11 Å². The van der Waals surface area contributed by atoms with Crippen LogP contribution >= 0.6 is 0 Å². The van der Waals surface area contributed by atoms with Crippen LogP contribution in [0.4, 0.5) is 57.1 Å². The van der Waals surface area contributed by atoms with E-state index < -0.39 is 55.2 Å². The highest BCUT2D eigenvalue weighted by molar-refractivity contribution is 5.05. The number of alkyl halides is 13. The molecule has 0 aromatic heterocycles. The third kappa shape index (κ3) is 4.15. The molecule has 148 valence electrons. The summed E-state index contributed by atoms with van der Waals surface area (Å²) in [4.78, 5) is 1.28. The minimum Gasteiger partial charge on any atom is -0.241 e. The summed E-state index contributed by atoms with van der Waals surface area (Å²) in [6.45, 7) is 0. The number of hydrogen-bond acceptors (Lipinski definition) is 1. The van der Waals surface area contributed by atoms with Gasteiger partial charge < -0.3 is 0 Å². The third-order valence-corrected chi connectivity index (χ3v) is 2.76. The van der Waals surface area contributed by atoms with Gasteiger partial charge in [0.05, 0.1) is 0 Å². The molecule has 0 aliphatic rings. The van der Waals surface area contributed by atoms with E-state index in [0.29, 0.717) is 0 Å². The second kappa shape index (κ2) is 7.74. The predicted molar refractivity (Wildman–Crippen MR) is 54.5 cm³/mol. The maximum Gasteiger partial charge on any atom is 0.378 e. The van der Waals surface area contributed by atoms with E-state index in [1.807, 2.05) is 0 Å². The molecule has 25 heavy (non-hydrogen) atoms. The van der Waals surface area contributed by atoms with Crippen molar-refractivity contribution in [3.8, 4) is 0 Å². The average Bonchev–Trinajstić information content (AvgIpc) is 2.51. The molecule has 0 aromatic rings. The third-order valence-electron chi connectivity index (χ3n) is 2.76. The summed E-state index contributed by atoms with van der Waals surface area (Å²) < 4.78 is 166. The monoisotopic (exact) mass is 403 g/mol. The van der Waals surface area contributed by atoms with Crippen molar-refractivity contribution in [2.24, 2.45) is 5.11 Å². The van der Waals surface area contributed by atoms with E-state index in [2.05, 4.69) is 0 Å². The first-order chi connectivity index (χ1) is 11.1. The number of nitrogens with zero attached hydrogens (tertiary/aromatic N) is 3. The number of halogens is 13. The lowest BCUT2D eigenvalue weighted by molar-refractivity contribution is -0.343. The van der Waals surface area contributed by atoms with E-state index in [4.69, 9.17) is 5.53 Å². The molecule has 0 aromatic carbocycles. The van der Waals surface area contributed by atoms with Gasteiger partial charge in [-0.3, -0.25) is 0 Å². The Morgan fingerprint density at radius 2 is 1.12 bits per heavy atom. The van der Waals surface area contributed by atoms with Gasteiger partial charge in [-0.25, -0.2) is 30.7 Å². The Bertz CT molecular complexity index is 491. The Morgan fingerprint density at radius 3 is 1.48 bits per heavy atom. The molecule has 5 atom stereocenters. The summed E-state index contributed by atoms with van der Waals surface area (Å²) in [5.41, 5.74) is 7.61. The minimum absolute atomic E-state index is 1.28. The van der Waals surface area contributed by atoms with E-state index >= 15 is 0 Å². The van der Waals surface area contributed by atoms with Crippen LogP contribution in [0, 0.1) is 0 Å². The molecule has 0 radical (unpaired) electrons. The lowest BCUT2D eigenvalue weighted by Gasteiger charge is -2.36. The van der Waals surface area contributed by atoms with Gasteiger partial charge in [0.15, 0.2) is 18.5 Å². The largest absolute Gasteiger partial charge is 0.378 e. The molecule has 5 unspecified atom stereocenters. The van der Waals surface area contributed by atoms with Gasteiger partial charge in [-0.05, 0) is 5.53 Å². The van der Waals surface area contributed by atoms with Crippen LogP contribution in [0.5, 0.6) is 0 Å². The maximum atomic E-state index is 13.1. The van der Waals surface area contributed by atoms with E-state index in [-0.39, 0.29) is 0 Å². The summed E-state index contributed by atoms with van der Waals surface area (Å²) in [6, 6.07) is 0. The van der Waals surface area contributed by atoms with E-state index in [9.17, 15) is 57.1 Å². The molecule has 0 aliphatic heterocycles. The first-order valence-electron chi connectivity index (χ1n) is 5.73. The van der Waals surface area contributed by atoms with Gasteiger partial charge in [0.1, 0.15) is 0 Å². The van der Waals surface area contributed by atoms with Crippen molar-refractivity contribution in [1.29, 1.82) is 0 Å². The van der Waals surface area contributed by atoms with Crippen LogP contribution in [0.25, 0.3) is 10.4 Å². The SMILES string of the molecule is [N-]=[N+]=NC(F)C(F)(F)C(F)(F)C(F)(F)C(F)C(F)C(F)C(F)C(F)F. The molecule has 0 saturated heterocycles. The van der Waals surface area contributed by atoms with E-state index in [1.54, 1.807) is 0 Å². The number of hydrogen-bond donors (Lipinski definition) is 0. The second-order valence-electron chi connectivity index (χ2n) is 4.43. The topological polar surface area (TPSA) is 48.8 Å². The molecule has 16 heteroatoms. The van der Waals surface area contributed by atoms with Gasteiger partial charge in [0.2, 0.25) is 12.5 Å². The van der Waals surface area contributed by atoms with Crippen molar-refractivity contribution in [2.45, 2.75) is 55.2 Å². The van der Waals surface area contributed by atoms with Crippen LogP contribution in [-0.2, 0) is 0 Å². The molecule has 0 heterocycles. The Hall–Kier alpha value is -1.60. The standard InChI is InChI=1S/C9H6F13N3/c10-1(3(12)5(14)15)2(11)4(13)7(17,18)9(21,22)8(19,20)6(16)24-25-23/h1-6H. The zero-order valence-corrected chi connectivity index (χ0v) is 11.2. The van der Waals surface area contributed by atoms with Crippen molar-refractivity contribution >= 4 is 0 Å². The first kappa shape index (κ1) is 23.4. The van der Waals surface area contributed by atoms with Crippen LogP contribution in [0.1, 0.15) is 0 Å². The molecule has 0 aliphatic carbocycles. The number of azide groups is 1. The maximum absolute atomic E-state index is 13.1. The fraction of sp³-hybridized carbons (Fsp3) is 1.00. The average molecular weight is 403 g/mol. The van der Waals surface area contributed by atoms with Gasteiger partial charge in [0, 0.05) is 4.91 Å². The Morgan fingerprint density at radius 1 is 0.680 bits per heavy atom. The molecule has 0 bridgehead atoms. The molecule has 0 saturated carbocycles. The van der Waals surface area contributed by atoms with Gasteiger partial charge in [-0.2, -0.15) is 26.3 Å². The molecular weight excluding hydrogens is 397 g/mol. The fourth-order valence-electron chi connectivity index (χ4n) is 1.34. The van der Waals surface area contributed by atoms with Gasteiger partial charge >= 0.3 is 17.8 Å². The Balaban J connectivity index is 5.74. The summed E-state index contributed by atoms with van der Waals surface area (Å²) in [7, 11) is 0. The Kier molecular flexibility index (Phi) is 7.25. The molecule has 0 N–H and O–H groups in total. The van der Waals surface area contributed by atoms with Crippen molar-refractivity contribution < 1.29 is 57.1 Å². The molecule has 0 spiro atoms. The smallest absolute Gasteiger partial charge is 0.241 e. The summed E-state index contributed by atoms with van der Waals surface area (Å²) in [6.07, 6.45) is -27.7. The van der Waals surface area contributed by atoms with Crippen molar-refractivity contribution in [3.63, 3.8) is 0 Å². The summed E-state index contributed by atoms with van der Waals surface area (Å²) in [5.74, 6) is -20.6. The van der Waals surface area contributed by atoms with Crippen LogP contribution < -0.4 is 0 Å². The van der Waals surface area contributed by atoms with Crippen molar-refractivity contribution in [1.82, 2.24) is 0 Å².